The van der Waals surface area contributed by atoms with Crippen LogP contribution in [-0.4, -0.2) is 20.2 Å². The van der Waals surface area contributed by atoms with Gasteiger partial charge in [0.2, 0.25) is 11.1 Å². The molecule has 0 fully saturated rings. The summed E-state index contributed by atoms with van der Waals surface area (Å²) < 4.78 is 21.3. The van der Waals surface area contributed by atoms with E-state index in [0.717, 1.165) is 0 Å². The van der Waals surface area contributed by atoms with Crippen molar-refractivity contribution in [2.45, 2.75) is 0 Å². The largest absolute Gasteiger partial charge is 0.493 e. The quantitative estimate of drug-likeness (QED) is 0.559. The summed E-state index contributed by atoms with van der Waals surface area (Å²) in [7, 11) is 0.864. The molecule has 1 aromatic carbocycles. The van der Waals surface area contributed by atoms with Crippen molar-refractivity contribution in [3.05, 3.63) is 18.2 Å². The maximum Gasteiger partial charge on any atom is 0.454 e. The lowest BCUT2D eigenvalue weighted by Crippen LogP contribution is -2.04. The number of carbonyl (C=O) groups is 1. The van der Waals surface area contributed by atoms with Crippen molar-refractivity contribution in [3.63, 3.8) is 0 Å². The van der Waals surface area contributed by atoms with E-state index in [2.05, 4.69) is 0 Å². The first kappa shape index (κ1) is 10.7. The van der Waals surface area contributed by atoms with Gasteiger partial charge in [-0.2, -0.15) is 0 Å². The van der Waals surface area contributed by atoms with Gasteiger partial charge in [-0.15, -0.1) is 0 Å². The molecule has 0 amide bonds. The van der Waals surface area contributed by atoms with E-state index in [1.807, 2.05) is 0 Å². The van der Waals surface area contributed by atoms with E-state index >= 15 is 0 Å². The molecule has 0 radical (unpaired) electrons. The van der Waals surface area contributed by atoms with Crippen molar-refractivity contribution in [2.75, 3.05) is 14.2 Å². The van der Waals surface area contributed by atoms with E-state index < -0.39 is 7.80 Å². The summed E-state index contributed by atoms with van der Waals surface area (Å²) in [5.74, 6) is 0.818. The Hall–Kier alpha value is -1.41. The second-order valence-electron chi connectivity index (χ2n) is 2.44. The molecule has 1 rings (SSSR count). The second-order valence-corrected chi connectivity index (χ2v) is 3.79. The molecular formula is C9H10O4P+. The van der Waals surface area contributed by atoms with Crippen LogP contribution in [0.15, 0.2) is 18.2 Å². The molecule has 14 heavy (non-hydrogen) atoms. The van der Waals surface area contributed by atoms with E-state index in [1.165, 1.54) is 14.2 Å². The molecule has 1 aromatic rings. The van der Waals surface area contributed by atoms with Crippen molar-refractivity contribution < 1.29 is 18.8 Å². The molecule has 4 nitrogen and oxygen atoms in total. The predicted octanol–water partition coefficient (Wildman–Crippen LogP) is 1.35. The molecular weight excluding hydrogens is 203 g/mol. The Morgan fingerprint density at radius 3 is 2.50 bits per heavy atom. The first-order valence-corrected chi connectivity index (χ1v) is 5.20. The van der Waals surface area contributed by atoms with Gasteiger partial charge < -0.3 is 9.47 Å². The molecule has 0 aliphatic carbocycles. The zero-order chi connectivity index (χ0) is 10.6. The van der Waals surface area contributed by atoms with E-state index in [1.54, 1.807) is 18.2 Å². The minimum Gasteiger partial charge on any atom is -0.493 e. The summed E-state index contributed by atoms with van der Waals surface area (Å²) in [5, 5.41) is 0.358. The minimum atomic E-state index is -2.06. The van der Waals surface area contributed by atoms with Gasteiger partial charge in [0.25, 0.3) is 0 Å². The lowest BCUT2D eigenvalue weighted by Gasteiger charge is -2.05. The Labute approximate surface area is 82.6 Å². The highest BCUT2D eigenvalue weighted by Crippen LogP contribution is 2.31. The van der Waals surface area contributed by atoms with Gasteiger partial charge >= 0.3 is 13.8 Å². The SMILES string of the molecule is COc1cccc([P+](=O)C=O)c1OC. The summed E-state index contributed by atoms with van der Waals surface area (Å²) >= 11 is 0. The third-order valence-electron chi connectivity index (χ3n) is 1.72. The molecule has 0 aliphatic rings. The zero-order valence-electron chi connectivity index (χ0n) is 7.89. The van der Waals surface area contributed by atoms with Gasteiger partial charge in [0.1, 0.15) is 0 Å². The Kier molecular flexibility index (Phi) is 3.60. The third-order valence-corrected chi connectivity index (χ3v) is 2.73. The molecule has 0 saturated carbocycles. The molecule has 0 aliphatic heterocycles. The van der Waals surface area contributed by atoms with E-state index in [0.29, 0.717) is 22.8 Å². The summed E-state index contributed by atoms with van der Waals surface area (Å²) in [5.41, 5.74) is 0. The van der Waals surface area contributed by atoms with Crippen LogP contribution in [0.2, 0.25) is 0 Å². The average Bonchev–Trinajstić information content (AvgIpc) is 2.26. The molecule has 0 spiro atoms. The maximum atomic E-state index is 11.3. The topological polar surface area (TPSA) is 52.6 Å². The van der Waals surface area contributed by atoms with E-state index in [-0.39, 0.29) is 0 Å². The molecule has 0 saturated heterocycles. The normalized spacial score (nSPS) is 10.6. The number of methoxy groups -OCH3 is 2. The molecule has 1 atom stereocenters. The average molecular weight is 213 g/mol. The minimum absolute atomic E-state index is 0.350. The number of ether oxygens (including phenoxy) is 2. The van der Waals surface area contributed by atoms with Crippen molar-refractivity contribution in [3.8, 4) is 11.5 Å². The van der Waals surface area contributed by atoms with Crippen LogP contribution in [0.3, 0.4) is 0 Å². The molecule has 5 heteroatoms. The van der Waals surface area contributed by atoms with Gasteiger partial charge in [-0.25, -0.2) is 4.79 Å². The summed E-state index contributed by atoms with van der Waals surface area (Å²) in [4.78, 5) is 10.4. The Morgan fingerprint density at radius 2 is 2.00 bits per heavy atom. The van der Waals surface area contributed by atoms with Crippen LogP contribution in [0.1, 0.15) is 0 Å². The molecule has 0 N–H and O–H groups in total. The number of hydrogen-bond acceptors (Lipinski definition) is 4. The van der Waals surface area contributed by atoms with Gasteiger partial charge in [0, 0.05) is 0 Å². The van der Waals surface area contributed by atoms with Crippen molar-refractivity contribution in [1.29, 1.82) is 0 Å². The first-order valence-electron chi connectivity index (χ1n) is 3.87. The molecule has 0 heterocycles. The Morgan fingerprint density at radius 1 is 1.29 bits per heavy atom. The van der Waals surface area contributed by atoms with Crippen molar-refractivity contribution >= 4 is 19.1 Å². The molecule has 74 valence electrons. The first-order chi connectivity index (χ1) is 6.74. The van der Waals surface area contributed by atoms with E-state index in [9.17, 15) is 9.36 Å². The number of benzene rings is 1. The second kappa shape index (κ2) is 4.72. The lowest BCUT2D eigenvalue weighted by molar-refractivity contribution is 0.357. The predicted molar refractivity (Wildman–Crippen MR) is 53.5 cm³/mol. The number of carbonyl (C=O) groups excluding carboxylic acids is 1. The smallest absolute Gasteiger partial charge is 0.454 e. The molecule has 1 unspecified atom stereocenters. The molecule has 0 aromatic heterocycles. The highest BCUT2D eigenvalue weighted by atomic mass is 31.1. The van der Waals surface area contributed by atoms with Crippen LogP contribution in [0, 0.1) is 0 Å². The zero-order valence-corrected chi connectivity index (χ0v) is 8.78. The fourth-order valence-corrected chi connectivity index (χ4v) is 1.85. The summed E-state index contributed by atoms with van der Waals surface area (Å²) in [6, 6.07) is 5.31. The highest BCUT2D eigenvalue weighted by Gasteiger charge is 2.26. The van der Waals surface area contributed by atoms with Crippen molar-refractivity contribution in [1.82, 2.24) is 0 Å². The maximum absolute atomic E-state index is 11.3. The third kappa shape index (κ3) is 1.91. The Bertz CT molecular complexity index is 362. The van der Waals surface area contributed by atoms with Crippen LogP contribution in [-0.2, 0) is 9.36 Å². The number of hydrogen-bond donors (Lipinski definition) is 0. The van der Waals surface area contributed by atoms with Gasteiger partial charge in [0.05, 0.1) is 14.2 Å². The fraction of sp³-hybridized carbons (Fsp3) is 0.222. The van der Waals surface area contributed by atoms with Crippen LogP contribution in [0.25, 0.3) is 0 Å². The number of para-hydroxylation sites is 1. The lowest BCUT2D eigenvalue weighted by atomic mass is 10.3. The Balaban J connectivity index is 3.28. The van der Waals surface area contributed by atoms with Crippen LogP contribution >= 0.6 is 7.80 Å². The van der Waals surface area contributed by atoms with Crippen LogP contribution in [0.4, 0.5) is 0 Å². The van der Waals surface area contributed by atoms with Gasteiger partial charge in [0.15, 0.2) is 5.75 Å². The molecule has 0 bridgehead atoms. The van der Waals surface area contributed by atoms with Crippen LogP contribution < -0.4 is 14.8 Å². The van der Waals surface area contributed by atoms with Gasteiger partial charge in [-0.05, 0) is 12.1 Å². The van der Waals surface area contributed by atoms with Crippen molar-refractivity contribution in [2.24, 2.45) is 0 Å². The summed E-state index contributed by atoms with van der Waals surface area (Å²) in [6.45, 7) is 0. The monoisotopic (exact) mass is 213 g/mol. The van der Waals surface area contributed by atoms with Crippen LogP contribution in [0.5, 0.6) is 11.5 Å². The standard InChI is InChI=1S/C9H10O4P/c1-12-7-4-3-5-8(9(7)13-2)14(11)6-10/h3-6H,1-2H3/q+1. The van der Waals surface area contributed by atoms with Gasteiger partial charge in [-0.3, -0.25) is 0 Å². The highest BCUT2D eigenvalue weighted by molar-refractivity contribution is 7.68. The number of rotatable bonds is 4. The summed E-state index contributed by atoms with van der Waals surface area (Å²) in [6.07, 6.45) is 0. The van der Waals surface area contributed by atoms with E-state index in [4.69, 9.17) is 9.47 Å². The van der Waals surface area contributed by atoms with Gasteiger partial charge in [-0.1, -0.05) is 10.6 Å². The fourth-order valence-electron chi connectivity index (χ4n) is 1.10.